The van der Waals surface area contributed by atoms with Crippen molar-refractivity contribution in [2.75, 3.05) is 19.0 Å². The zero-order valence-electron chi connectivity index (χ0n) is 13.3. The van der Waals surface area contributed by atoms with Crippen molar-refractivity contribution >= 4 is 27.2 Å². The van der Waals surface area contributed by atoms with Crippen LogP contribution in [-0.4, -0.2) is 24.1 Å². The number of fused-ring (bicyclic) bond motifs is 3. The number of hydrogen-bond acceptors (Lipinski definition) is 4. The van der Waals surface area contributed by atoms with Crippen LogP contribution in [0.2, 0.25) is 0 Å². The minimum absolute atomic E-state index is 0.00918. The lowest BCUT2D eigenvalue weighted by molar-refractivity contribution is -0.689. The number of pyridine rings is 1. The minimum atomic E-state index is 0.00918. The van der Waals surface area contributed by atoms with Gasteiger partial charge in [-0.1, -0.05) is 0 Å². The van der Waals surface area contributed by atoms with Crippen LogP contribution < -0.4 is 15.0 Å². The monoisotopic (exact) mass is 327 g/mol. The minimum Gasteiger partial charge on any atom is -0.377 e. The van der Waals surface area contributed by atoms with Gasteiger partial charge in [-0.05, 0) is 24.8 Å². The second-order valence-electron chi connectivity index (χ2n) is 6.17. The SMILES string of the molecule is CN(C)c1cc[n+](Cc2nc3sc4c(c3c(=O)[nH]2)CCC4)cc1. The highest BCUT2D eigenvalue weighted by molar-refractivity contribution is 7.18. The molecule has 0 aliphatic heterocycles. The molecule has 118 valence electrons. The van der Waals surface area contributed by atoms with Gasteiger partial charge in [-0.3, -0.25) is 4.79 Å². The molecule has 0 saturated carbocycles. The second-order valence-corrected chi connectivity index (χ2v) is 7.26. The average Bonchev–Trinajstić information content (AvgIpc) is 3.07. The van der Waals surface area contributed by atoms with Crippen molar-refractivity contribution in [1.82, 2.24) is 9.97 Å². The number of H-pyrrole nitrogens is 1. The fourth-order valence-corrected chi connectivity index (χ4v) is 4.43. The molecule has 5 nitrogen and oxygen atoms in total. The Hall–Kier alpha value is -2.21. The van der Waals surface area contributed by atoms with E-state index in [0.717, 1.165) is 35.2 Å². The Morgan fingerprint density at radius 3 is 2.83 bits per heavy atom. The van der Waals surface area contributed by atoms with Gasteiger partial charge in [0.2, 0.25) is 6.54 Å². The lowest BCUT2D eigenvalue weighted by atomic mass is 10.2. The first kappa shape index (κ1) is 14.4. The van der Waals surface area contributed by atoms with E-state index in [-0.39, 0.29) is 5.56 Å². The summed E-state index contributed by atoms with van der Waals surface area (Å²) in [4.78, 5) is 24.4. The normalized spacial score (nSPS) is 13.5. The molecule has 6 heteroatoms. The molecule has 0 amide bonds. The Kier molecular flexibility index (Phi) is 3.41. The van der Waals surface area contributed by atoms with E-state index in [2.05, 4.69) is 27.0 Å². The summed E-state index contributed by atoms with van der Waals surface area (Å²) in [6.07, 6.45) is 7.28. The fourth-order valence-electron chi connectivity index (χ4n) is 3.15. The summed E-state index contributed by atoms with van der Waals surface area (Å²) >= 11 is 1.68. The number of aryl methyl sites for hydroxylation is 2. The number of anilines is 1. The van der Waals surface area contributed by atoms with Crippen molar-refractivity contribution in [3.8, 4) is 0 Å². The first-order chi connectivity index (χ1) is 11.1. The van der Waals surface area contributed by atoms with E-state index in [1.807, 2.05) is 31.1 Å². The van der Waals surface area contributed by atoms with Gasteiger partial charge in [-0.15, -0.1) is 11.3 Å². The van der Waals surface area contributed by atoms with Crippen LogP contribution >= 0.6 is 11.3 Å². The summed E-state index contributed by atoms with van der Waals surface area (Å²) in [5, 5.41) is 0.819. The van der Waals surface area contributed by atoms with Crippen LogP contribution in [-0.2, 0) is 19.4 Å². The van der Waals surface area contributed by atoms with Gasteiger partial charge in [0, 0.05) is 36.8 Å². The van der Waals surface area contributed by atoms with Crippen LogP contribution in [0.3, 0.4) is 0 Å². The first-order valence-corrected chi connectivity index (χ1v) is 8.63. The third-order valence-corrected chi connectivity index (χ3v) is 5.53. The van der Waals surface area contributed by atoms with Gasteiger partial charge in [0.1, 0.15) is 4.83 Å². The molecule has 1 aliphatic carbocycles. The van der Waals surface area contributed by atoms with E-state index >= 15 is 0 Å². The zero-order valence-corrected chi connectivity index (χ0v) is 14.1. The lowest BCUT2D eigenvalue weighted by Crippen LogP contribution is -2.35. The molecular formula is C17H19N4OS+. The number of nitrogens with zero attached hydrogens (tertiary/aromatic N) is 3. The molecule has 0 saturated heterocycles. The van der Waals surface area contributed by atoms with Crippen LogP contribution in [0.25, 0.3) is 10.2 Å². The van der Waals surface area contributed by atoms with Gasteiger partial charge in [0.25, 0.3) is 5.56 Å². The van der Waals surface area contributed by atoms with Gasteiger partial charge in [0.15, 0.2) is 18.2 Å². The largest absolute Gasteiger partial charge is 0.377 e. The van der Waals surface area contributed by atoms with Crippen molar-refractivity contribution < 1.29 is 4.57 Å². The van der Waals surface area contributed by atoms with E-state index in [1.165, 1.54) is 10.4 Å². The molecule has 4 rings (SSSR count). The number of aromatic amines is 1. The maximum absolute atomic E-state index is 12.4. The predicted octanol–water partition coefficient (Wildman–Crippen LogP) is 1.88. The maximum Gasteiger partial charge on any atom is 0.260 e. The van der Waals surface area contributed by atoms with E-state index in [0.29, 0.717) is 12.4 Å². The number of nitrogens with one attached hydrogen (secondary N) is 1. The molecule has 3 heterocycles. The molecule has 0 bridgehead atoms. The second kappa shape index (κ2) is 5.45. The van der Waals surface area contributed by atoms with Crippen LogP contribution in [0.1, 0.15) is 22.7 Å². The molecule has 0 radical (unpaired) electrons. The summed E-state index contributed by atoms with van der Waals surface area (Å²) in [6, 6.07) is 4.10. The van der Waals surface area contributed by atoms with E-state index in [9.17, 15) is 4.79 Å². The van der Waals surface area contributed by atoms with Crippen LogP contribution in [0.15, 0.2) is 29.3 Å². The van der Waals surface area contributed by atoms with Crippen LogP contribution in [0, 0.1) is 0 Å². The summed E-state index contributed by atoms with van der Waals surface area (Å²) in [5.74, 6) is 0.713. The smallest absolute Gasteiger partial charge is 0.260 e. The first-order valence-electron chi connectivity index (χ1n) is 7.81. The molecule has 23 heavy (non-hydrogen) atoms. The van der Waals surface area contributed by atoms with E-state index in [4.69, 9.17) is 0 Å². The lowest BCUT2D eigenvalue weighted by Gasteiger charge is -2.10. The molecule has 0 atom stereocenters. The molecule has 3 aromatic rings. The number of rotatable bonds is 3. The van der Waals surface area contributed by atoms with Crippen molar-refractivity contribution in [3.05, 3.63) is 51.1 Å². The number of hydrogen-bond donors (Lipinski definition) is 1. The maximum atomic E-state index is 12.4. The van der Waals surface area contributed by atoms with Crippen molar-refractivity contribution in [1.29, 1.82) is 0 Å². The summed E-state index contributed by atoms with van der Waals surface area (Å²) < 4.78 is 2.03. The Morgan fingerprint density at radius 1 is 1.30 bits per heavy atom. The third kappa shape index (κ3) is 2.53. The van der Waals surface area contributed by atoms with Gasteiger partial charge >= 0.3 is 0 Å². The van der Waals surface area contributed by atoms with Crippen LogP contribution in [0.5, 0.6) is 0 Å². The highest BCUT2D eigenvalue weighted by Crippen LogP contribution is 2.34. The van der Waals surface area contributed by atoms with Gasteiger partial charge < -0.3 is 9.88 Å². The molecule has 0 fully saturated rings. The third-order valence-electron chi connectivity index (χ3n) is 4.35. The Morgan fingerprint density at radius 2 is 2.09 bits per heavy atom. The van der Waals surface area contributed by atoms with Crippen LogP contribution in [0.4, 0.5) is 5.69 Å². The summed E-state index contributed by atoms with van der Waals surface area (Å²) in [7, 11) is 4.03. The molecule has 1 aliphatic rings. The number of thiophene rings is 1. The highest BCUT2D eigenvalue weighted by atomic mass is 32.1. The van der Waals surface area contributed by atoms with E-state index < -0.39 is 0 Å². The molecule has 0 unspecified atom stereocenters. The molecular weight excluding hydrogens is 308 g/mol. The molecule has 1 N–H and O–H groups in total. The fraction of sp³-hybridized carbons (Fsp3) is 0.353. The van der Waals surface area contributed by atoms with Crippen molar-refractivity contribution in [2.24, 2.45) is 0 Å². The predicted molar refractivity (Wildman–Crippen MR) is 92.3 cm³/mol. The molecule has 0 aromatic carbocycles. The van der Waals surface area contributed by atoms with Crippen molar-refractivity contribution in [3.63, 3.8) is 0 Å². The topological polar surface area (TPSA) is 52.9 Å². The molecule has 3 aromatic heterocycles. The summed E-state index contributed by atoms with van der Waals surface area (Å²) in [5.41, 5.74) is 2.39. The van der Waals surface area contributed by atoms with Gasteiger partial charge in [-0.2, -0.15) is 4.57 Å². The standard InChI is InChI=1S/C17H18N4OS/c1-20(2)11-6-8-21(9-7-11)10-14-18-16(22)15-12-4-3-5-13(12)23-17(15)19-14/h6-9H,3-5,10H2,1-2H3/p+1. The Labute approximate surface area is 138 Å². The summed E-state index contributed by atoms with van der Waals surface area (Å²) in [6.45, 7) is 0.571. The van der Waals surface area contributed by atoms with Crippen molar-refractivity contribution in [2.45, 2.75) is 25.8 Å². The highest BCUT2D eigenvalue weighted by Gasteiger charge is 2.21. The number of aromatic nitrogens is 3. The Bertz CT molecular complexity index is 924. The van der Waals surface area contributed by atoms with E-state index in [1.54, 1.807) is 11.3 Å². The quantitative estimate of drug-likeness (QED) is 0.747. The van der Waals surface area contributed by atoms with Gasteiger partial charge in [0.05, 0.1) is 5.39 Å². The zero-order chi connectivity index (χ0) is 16.0. The Balaban J connectivity index is 1.68. The van der Waals surface area contributed by atoms with Gasteiger partial charge in [-0.25, -0.2) is 4.98 Å². The average molecular weight is 327 g/mol. The molecule has 0 spiro atoms.